The molecule has 0 fully saturated rings. The summed E-state index contributed by atoms with van der Waals surface area (Å²) in [7, 11) is -3.70. The van der Waals surface area contributed by atoms with Gasteiger partial charge in [-0.25, -0.2) is 13.1 Å². The molecule has 1 N–H and O–H groups in total. The fraction of sp³-hybridized carbons (Fsp3) is 0.364. The highest BCUT2D eigenvalue weighted by Gasteiger charge is 2.23. The van der Waals surface area contributed by atoms with E-state index in [-0.39, 0.29) is 16.5 Å². The molecule has 4 nitrogen and oxygen atoms in total. The van der Waals surface area contributed by atoms with Crippen LogP contribution in [-0.4, -0.2) is 15.0 Å². The van der Waals surface area contributed by atoms with E-state index in [2.05, 4.69) is 20.7 Å². The van der Waals surface area contributed by atoms with Crippen LogP contribution in [0.4, 0.5) is 0 Å². The lowest BCUT2D eigenvalue weighted by Gasteiger charge is -2.16. The standard InChI is InChI=1S/C11H12BrClN2O2S/c1-11(2,6-14)7-15-18(16,17)10-4-3-8(12)5-9(10)13/h3-5,15H,7H2,1-2H3. The second kappa shape index (κ2) is 5.57. The highest BCUT2D eigenvalue weighted by Crippen LogP contribution is 2.25. The van der Waals surface area contributed by atoms with Crippen LogP contribution in [0.15, 0.2) is 27.6 Å². The molecule has 0 atom stereocenters. The molecule has 0 aliphatic heterocycles. The highest BCUT2D eigenvalue weighted by molar-refractivity contribution is 9.10. The average Bonchev–Trinajstić information content (AvgIpc) is 2.26. The quantitative estimate of drug-likeness (QED) is 0.906. The maximum absolute atomic E-state index is 12.0. The molecule has 1 aromatic carbocycles. The Morgan fingerprint density at radius 2 is 2.11 bits per heavy atom. The van der Waals surface area contributed by atoms with Gasteiger partial charge in [0.15, 0.2) is 0 Å². The number of nitriles is 1. The molecule has 18 heavy (non-hydrogen) atoms. The Hall–Kier alpha value is -0.610. The Labute approximate surface area is 120 Å². The van der Waals surface area contributed by atoms with Crippen LogP contribution in [0.2, 0.25) is 5.02 Å². The van der Waals surface area contributed by atoms with Crippen LogP contribution >= 0.6 is 27.5 Å². The summed E-state index contributed by atoms with van der Waals surface area (Å²) in [5.41, 5.74) is -0.769. The van der Waals surface area contributed by atoms with Crippen LogP contribution in [0.25, 0.3) is 0 Å². The summed E-state index contributed by atoms with van der Waals surface area (Å²) in [4.78, 5) is 0.00102. The van der Waals surface area contributed by atoms with Gasteiger partial charge in [0.2, 0.25) is 10.0 Å². The lowest BCUT2D eigenvalue weighted by molar-refractivity contribution is 0.479. The van der Waals surface area contributed by atoms with E-state index in [1.165, 1.54) is 12.1 Å². The SMILES string of the molecule is CC(C)(C#N)CNS(=O)(=O)c1ccc(Br)cc1Cl. The number of hydrogen-bond acceptors (Lipinski definition) is 3. The maximum Gasteiger partial charge on any atom is 0.242 e. The van der Waals surface area contributed by atoms with Gasteiger partial charge in [-0.3, -0.25) is 0 Å². The molecule has 0 radical (unpaired) electrons. The third-order valence-corrected chi connectivity index (χ3v) is 4.57. The summed E-state index contributed by atoms with van der Waals surface area (Å²) < 4.78 is 27.1. The lowest BCUT2D eigenvalue weighted by atomic mass is 9.97. The molecule has 0 spiro atoms. The number of rotatable bonds is 4. The van der Waals surface area contributed by atoms with Crippen molar-refractivity contribution in [3.63, 3.8) is 0 Å². The third kappa shape index (κ3) is 3.95. The zero-order chi connectivity index (χ0) is 14.0. The van der Waals surface area contributed by atoms with Crippen molar-refractivity contribution in [1.82, 2.24) is 4.72 Å². The van der Waals surface area contributed by atoms with Gasteiger partial charge >= 0.3 is 0 Å². The smallest absolute Gasteiger partial charge is 0.210 e. The third-order valence-electron chi connectivity index (χ3n) is 2.19. The van der Waals surface area contributed by atoms with E-state index >= 15 is 0 Å². The van der Waals surface area contributed by atoms with Crippen molar-refractivity contribution in [2.75, 3.05) is 6.54 Å². The van der Waals surface area contributed by atoms with Gasteiger partial charge in [0.25, 0.3) is 0 Å². The number of sulfonamides is 1. The highest BCUT2D eigenvalue weighted by atomic mass is 79.9. The van der Waals surface area contributed by atoms with Crippen LogP contribution in [0, 0.1) is 16.7 Å². The number of hydrogen-bond donors (Lipinski definition) is 1. The molecular formula is C11H12BrClN2O2S. The van der Waals surface area contributed by atoms with Crippen molar-refractivity contribution in [2.24, 2.45) is 5.41 Å². The first kappa shape index (κ1) is 15.4. The van der Waals surface area contributed by atoms with Gasteiger partial charge in [-0.2, -0.15) is 5.26 Å². The predicted molar refractivity (Wildman–Crippen MR) is 73.7 cm³/mol. The number of nitrogens with one attached hydrogen (secondary N) is 1. The number of benzene rings is 1. The van der Waals surface area contributed by atoms with E-state index in [0.29, 0.717) is 4.47 Å². The molecule has 0 saturated heterocycles. The summed E-state index contributed by atoms with van der Waals surface area (Å²) in [6.07, 6.45) is 0. The summed E-state index contributed by atoms with van der Waals surface area (Å²) >= 11 is 9.09. The summed E-state index contributed by atoms with van der Waals surface area (Å²) in [6, 6.07) is 6.53. The van der Waals surface area contributed by atoms with E-state index in [1.54, 1.807) is 19.9 Å². The van der Waals surface area contributed by atoms with Crippen molar-refractivity contribution < 1.29 is 8.42 Å². The minimum Gasteiger partial charge on any atom is -0.210 e. The Kier molecular flexibility index (Phi) is 4.78. The molecule has 0 unspecified atom stereocenters. The van der Waals surface area contributed by atoms with Gasteiger partial charge in [0, 0.05) is 11.0 Å². The maximum atomic E-state index is 12.0. The molecule has 0 amide bonds. The van der Waals surface area contributed by atoms with Gasteiger partial charge in [0.1, 0.15) is 4.90 Å². The van der Waals surface area contributed by atoms with Crippen molar-refractivity contribution in [2.45, 2.75) is 18.7 Å². The van der Waals surface area contributed by atoms with Gasteiger partial charge in [0.05, 0.1) is 16.5 Å². The summed E-state index contributed by atoms with van der Waals surface area (Å²) in [5.74, 6) is 0. The molecule has 0 saturated carbocycles. The fourth-order valence-corrected chi connectivity index (χ4v) is 3.33. The molecular weight excluding hydrogens is 340 g/mol. The van der Waals surface area contributed by atoms with E-state index in [9.17, 15) is 8.42 Å². The van der Waals surface area contributed by atoms with Crippen LogP contribution in [0.1, 0.15) is 13.8 Å². The van der Waals surface area contributed by atoms with Crippen molar-refractivity contribution >= 4 is 37.6 Å². The summed E-state index contributed by atoms with van der Waals surface area (Å²) in [5, 5.41) is 8.97. The van der Waals surface area contributed by atoms with Gasteiger partial charge < -0.3 is 0 Å². The van der Waals surface area contributed by atoms with E-state index in [1.807, 2.05) is 6.07 Å². The minimum absolute atomic E-state index is 0.00102. The van der Waals surface area contributed by atoms with Gasteiger partial charge in [-0.1, -0.05) is 27.5 Å². The van der Waals surface area contributed by atoms with Crippen molar-refractivity contribution in [1.29, 1.82) is 5.26 Å². The van der Waals surface area contributed by atoms with Gasteiger partial charge in [-0.15, -0.1) is 0 Å². The van der Waals surface area contributed by atoms with Crippen LogP contribution < -0.4 is 4.72 Å². The molecule has 0 bridgehead atoms. The molecule has 7 heteroatoms. The Balaban J connectivity index is 2.98. The van der Waals surface area contributed by atoms with Crippen molar-refractivity contribution in [3.8, 4) is 6.07 Å². The summed E-state index contributed by atoms with van der Waals surface area (Å²) in [6.45, 7) is 3.33. The first-order chi connectivity index (χ1) is 8.18. The average molecular weight is 352 g/mol. The Morgan fingerprint density at radius 3 is 2.61 bits per heavy atom. The number of halogens is 2. The van der Waals surface area contributed by atoms with Crippen LogP contribution in [0.5, 0.6) is 0 Å². The minimum atomic E-state index is -3.70. The molecule has 0 aromatic heterocycles. The van der Waals surface area contributed by atoms with E-state index in [0.717, 1.165) is 0 Å². The zero-order valence-corrected chi connectivity index (χ0v) is 13.0. The fourth-order valence-electron chi connectivity index (χ4n) is 1.09. The van der Waals surface area contributed by atoms with E-state index in [4.69, 9.17) is 16.9 Å². The zero-order valence-electron chi connectivity index (χ0n) is 9.87. The number of nitrogens with zero attached hydrogens (tertiary/aromatic N) is 1. The Morgan fingerprint density at radius 1 is 1.50 bits per heavy atom. The molecule has 0 aliphatic carbocycles. The van der Waals surface area contributed by atoms with Crippen LogP contribution in [0.3, 0.4) is 0 Å². The largest absolute Gasteiger partial charge is 0.242 e. The second-order valence-corrected chi connectivity index (χ2v) is 7.45. The first-order valence-corrected chi connectivity index (χ1v) is 7.69. The lowest BCUT2D eigenvalue weighted by Crippen LogP contribution is -2.33. The molecule has 0 heterocycles. The Bertz CT molecular complexity index is 594. The molecule has 1 rings (SSSR count). The monoisotopic (exact) mass is 350 g/mol. The van der Waals surface area contributed by atoms with Crippen LogP contribution in [-0.2, 0) is 10.0 Å². The molecule has 1 aromatic rings. The normalized spacial score (nSPS) is 12.2. The predicted octanol–water partition coefficient (Wildman–Crippen LogP) is 2.93. The van der Waals surface area contributed by atoms with Crippen molar-refractivity contribution in [3.05, 3.63) is 27.7 Å². The second-order valence-electron chi connectivity index (χ2n) is 4.39. The molecule has 98 valence electrons. The molecule has 0 aliphatic rings. The van der Waals surface area contributed by atoms with E-state index < -0.39 is 15.4 Å². The van der Waals surface area contributed by atoms with Gasteiger partial charge in [-0.05, 0) is 32.0 Å². The topological polar surface area (TPSA) is 70.0 Å². The first-order valence-electron chi connectivity index (χ1n) is 5.04.